The molecule has 0 atom stereocenters. The predicted octanol–water partition coefficient (Wildman–Crippen LogP) is 2.56. The zero-order chi connectivity index (χ0) is 18.5. The number of aromatic nitrogens is 4. The Balaban J connectivity index is 1.49. The maximum Gasteiger partial charge on any atom is 0.266 e. The van der Waals surface area contributed by atoms with E-state index < -0.39 is 0 Å². The van der Waals surface area contributed by atoms with Crippen LogP contribution in [0.3, 0.4) is 0 Å². The third kappa shape index (κ3) is 2.89. The summed E-state index contributed by atoms with van der Waals surface area (Å²) in [5.74, 6) is 1.40. The third-order valence-electron chi connectivity index (χ3n) is 5.07. The lowest BCUT2D eigenvalue weighted by atomic mass is 9.92. The van der Waals surface area contributed by atoms with Gasteiger partial charge in [0.15, 0.2) is 0 Å². The first-order valence-corrected chi connectivity index (χ1v) is 9.08. The highest BCUT2D eigenvalue weighted by molar-refractivity contribution is 5.78. The van der Waals surface area contributed by atoms with Crippen molar-refractivity contribution < 1.29 is 0 Å². The molecule has 0 saturated carbocycles. The molecule has 136 valence electrons. The monoisotopic (exact) mass is 351 g/mol. The van der Waals surface area contributed by atoms with Gasteiger partial charge in [-0.3, -0.25) is 4.79 Å². The molecule has 0 aliphatic carbocycles. The number of para-hydroxylation sites is 2. The van der Waals surface area contributed by atoms with Crippen LogP contribution in [0, 0.1) is 5.92 Å². The first-order valence-electron chi connectivity index (χ1n) is 9.08. The van der Waals surface area contributed by atoms with E-state index in [2.05, 4.69) is 48.5 Å². The molecule has 1 aromatic carbocycles. The average Bonchev–Trinajstić information content (AvgIpc) is 2.88. The number of fused-ring (bicyclic) bond motifs is 1. The largest absolute Gasteiger partial charge is 0.341 e. The summed E-state index contributed by atoms with van der Waals surface area (Å²) in [6, 6.07) is 11.6. The lowest BCUT2D eigenvalue weighted by Crippen LogP contribution is -2.50. The van der Waals surface area contributed by atoms with Crippen LogP contribution in [0.5, 0.6) is 0 Å². The van der Waals surface area contributed by atoms with Crippen LogP contribution in [0.15, 0.2) is 41.2 Å². The number of rotatable bonds is 3. The molecule has 0 unspecified atom stereocenters. The maximum absolute atomic E-state index is 12.2. The molecule has 0 spiro atoms. The van der Waals surface area contributed by atoms with E-state index in [-0.39, 0.29) is 11.0 Å². The molecule has 1 aliphatic heterocycles. The van der Waals surface area contributed by atoms with Gasteiger partial charge in [0.25, 0.3) is 5.56 Å². The summed E-state index contributed by atoms with van der Waals surface area (Å²) in [6.45, 7) is 8.78. The Morgan fingerprint density at radius 1 is 1.12 bits per heavy atom. The molecule has 1 fully saturated rings. The number of anilines is 1. The third-order valence-corrected chi connectivity index (χ3v) is 5.07. The molecule has 1 aliphatic rings. The Morgan fingerprint density at radius 3 is 2.54 bits per heavy atom. The van der Waals surface area contributed by atoms with Gasteiger partial charge in [-0.15, -0.1) is 0 Å². The first kappa shape index (κ1) is 16.8. The molecular formula is C20H25N5O. The van der Waals surface area contributed by atoms with Crippen LogP contribution in [0.2, 0.25) is 0 Å². The van der Waals surface area contributed by atoms with E-state index in [0.29, 0.717) is 12.5 Å². The maximum atomic E-state index is 12.2. The number of hydrogen-bond donors (Lipinski definition) is 0. The van der Waals surface area contributed by atoms with E-state index in [0.717, 1.165) is 35.8 Å². The van der Waals surface area contributed by atoms with Gasteiger partial charge >= 0.3 is 0 Å². The topological polar surface area (TPSA) is 56.0 Å². The van der Waals surface area contributed by atoms with E-state index in [1.54, 1.807) is 10.7 Å². The van der Waals surface area contributed by atoms with Crippen LogP contribution in [0.4, 0.5) is 5.95 Å². The normalized spacial score (nSPS) is 15.5. The molecule has 0 amide bonds. The van der Waals surface area contributed by atoms with E-state index in [1.807, 2.05) is 24.3 Å². The summed E-state index contributed by atoms with van der Waals surface area (Å²) < 4.78 is 3.76. The number of hydrogen-bond acceptors (Lipinski definition) is 4. The molecule has 0 N–H and O–H groups in total. The van der Waals surface area contributed by atoms with Crippen LogP contribution in [0.1, 0.15) is 26.5 Å². The van der Waals surface area contributed by atoms with Gasteiger partial charge < -0.3 is 9.47 Å². The fourth-order valence-electron chi connectivity index (χ4n) is 3.49. The molecule has 6 heteroatoms. The summed E-state index contributed by atoms with van der Waals surface area (Å²) in [5.41, 5.74) is 3.02. The van der Waals surface area contributed by atoms with Crippen molar-refractivity contribution >= 4 is 17.0 Å². The highest BCUT2D eigenvalue weighted by Gasteiger charge is 2.31. The Hall–Kier alpha value is -2.63. The molecule has 6 nitrogen and oxygen atoms in total. The van der Waals surface area contributed by atoms with Crippen LogP contribution in [0.25, 0.3) is 11.0 Å². The van der Waals surface area contributed by atoms with Crippen molar-refractivity contribution in [1.29, 1.82) is 0 Å². The second-order valence-corrected chi connectivity index (χ2v) is 8.22. The number of benzene rings is 1. The van der Waals surface area contributed by atoms with Gasteiger partial charge in [0.1, 0.15) is 0 Å². The molecular weight excluding hydrogens is 326 g/mol. The summed E-state index contributed by atoms with van der Waals surface area (Å²) in [6.07, 6.45) is 0. The van der Waals surface area contributed by atoms with Crippen LogP contribution >= 0.6 is 0 Å². The molecule has 0 bridgehead atoms. The molecule has 2 aromatic heterocycles. The molecule has 4 rings (SSSR count). The summed E-state index contributed by atoms with van der Waals surface area (Å²) in [7, 11) is 2.05. The van der Waals surface area contributed by atoms with Crippen LogP contribution in [-0.2, 0) is 19.0 Å². The van der Waals surface area contributed by atoms with Gasteiger partial charge in [0, 0.05) is 37.5 Å². The standard InChI is InChI=1S/C20H25N5O/c1-20(2,3)17-9-10-18(26)25(22-17)13-14-11-24(12-14)19-21-15-7-5-6-8-16(15)23(19)4/h5-10,14H,11-13H2,1-4H3. The van der Waals surface area contributed by atoms with Gasteiger partial charge in [-0.05, 0) is 18.2 Å². The Kier molecular flexibility index (Phi) is 3.86. The number of nitrogens with zero attached hydrogens (tertiary/aromatic N) is 5. The highest BCUT2D eigenvalue weighted by Crippen LogP contribution is 2.27. The fraction of sp³-hybridized carbons (Fsp3) is 0.450. The van der Waals surface area contributed by atoms with E-state index in [4.69, 9.17) is 4.98 Å². The van der Waals surface area contributed by atoms with Crippen molar-refractivity contribution in [3.05, 3.63) is 52.4 Å². The van der Waals surface area contributed by atoms with Gasteiger partial charge in [-0.25, -0.2) is 9.67 Å². The number of aryl methyl sites for hydroxylation is 1. The van der Waals surface area contributed by atoms with Crippen molar-refractivity contribution in [2.75, 3.05) is 18.0 Å². The average molecular weight is 351 g/mol. The quantitative estimate of drug-likeness (QED) is 0.728. The zero-order valence-corrected chi connectivity index (χ0v) is 15.8. The lowest BCUT2D eigenvalue weighted by Gasteiger charge is -2.39. The number of imidazole rings is 1. The molecule has 3 aromatic rings. The summed E-state index contributed by atoms with van der Waals surface area (Å²) in [4.78, 5) is 19.2. The SMILES string of the molecule is Cn1c(N2CC(Cn3nc(C(C)(C)C)ccc3=O)C2)nc2ccccc21. The second kappa shape index (κ2) is 5.97. The predicted molar refractivity (Wildman–Crippen MR) is 104 cm³/mol. The molecule has 0 radical (unpaired) electrons. The van der Waals surface area contributed by atoms with Gasteiger partial charge in [0.05, 0.1) is 23.3 Å². The molecule has 26 heavy (non-hydrogen) atoms. The summed E-state index contributed by atoms with van der Waals surface area (Å²) >= 11 is 0. The van der Waals surface area contributed by atoms with Crippen LogP contribution < -0.4 is 10.5 Å². The van der Waals surface area contributed by atoms with Gasteiger partial charge in [-0.2, -0.15) is 5.10 Å². The van der Waals surface area contributed by atoms with Gasteiger partial charge in [0.2, 0.25) is 5.95 Å². The van der Waals surface area contributed by atoms with Crippen LogP contribution in [-0.4, -0.2) is 32.4 Å². The molecule has 3 heterocycles. The van der Waals surface area contributed by atoms with E-state index >= 15 is 0 Å². The van der Waals surface area contributed by atoms with E-state index in [1.165, 1.54) is 0 Å². The Labute approximate surface area is 153 Å². The molecule has 1 saturated heterocycles. The minimum absolute atomic E-state index is 0.0285. The Bertz CT molecular complexity index is 1000. The van der Waals surface area contributed by atoms with Crippen molar-refractivity contribution in [2.45, 2.75) is 32.7 Å². The summed E-state index contributed by atoms with van der Waals surface area (Å²) in [5, 5.41) is 4.58. The zero-order valence-electron chi connectivity index (χ0n) is 15.8. The minimum atomic E-state index is -0.0613. The fourth-order valence-corrected chi connectivity index (χ4v) is 3.49. The van der Waals surface area contributed by atoms with E-state index in [9.17, 15) is 4.79 Å². The van der Waals surface area contributed by atoms with Crippen molar-refractivity contribution in [3.8, 4) is 0 Å². The first-order chi connectivity index (χ1) is 12.3. The lowest BCUT2D eigenvalue weighted by molar-refractivity contribution is 0.325. The van der Waals surface area contributed by atoms with Gasteiger partial charge in [-0.1, -0.05) is 32.9 Å². The van der Waals surface area contributed by atoms with Crippen molar-refractivity contribution in [2.24, 2.45) is 13.0 Å². The second-order valence-electron chi connectivity index (χ2n) is 8.22. The van der Waals surface area contributed by atoms with Crippen molar-refractivity contribution in [3.63, 3.8) is 0 Å². The van der Waals surface area contributed by atoms with Crippen molar-refractivity contribution in [1.82, 2.24) is 19.3 Å². The Morgan fingerprint density at radius 2 is 1.85 bits per heavy atom. The smallest absolute Gasteiger partial charge is 0.266 e. The highest BCUT2D eigenvalue weighted by atomic mass is 16.1. The minimum Gasteiger partial charge on any atom is -0.341 e.